The number of halogens is 1. The molecule has 1 aromatic rings. The number of hydrogen-bond acceptors (Lipinski definition) is 4. The number of aromatic amines is 1. The van der Waals surface area contributed by atoms with E-state index in [4.69, 9.17) is 11.6 Å². The fourth-order valence-corrected chi connectivity index (χ4v) is 2.60. The Morgan fingerprint density at radius 3 is 2.95 bits per heavy atom. The van der Waals surface area contributed by atoms with Crippen LogP contribution in [0.2, 0.25) is 5.02 Å². The fraction of sp³-hybridized carbons (Fsp3) is 0.692. The highest BCUT2D eigenvalue weighted by atomic mass is 35.5. The van der Waals surface area contributed by atoms with E-state index in [2.05, 4.69) is 27.3 Å². The molecule has 5 nitrogen and oxygen atoms in total. The van der Waals surface area contributed by atoms with Crippen LogP contribution in [0.15, 0.2) is 11.0 Å². The van der Waals surface area contributed by atoms with E-state index < -0.39 is 0 Å². The lowest BCUT2D eigenvalue weighted by Crippen LogP contribution is -2.35. The smallest absolute Gasteiger partial charge is 0.285 e. The largest absolute Gasteiger partial charge is 0.382 e. The number of H-pyrrole nitrogens is 1. The van der Waals surface area contributed by atoms with Crippen molar-refractivity contribution >= 4 is 17.3 Å². The molecule has 1 saturated heterocycles. The molecule has 0 saturated carbocycles. The summed E-state index contributed by atoms with van der Waals surface area (Å²) < 4.78 is 0. The average Bonchev–Trinajstić information content (AvgIpc) is 2.42. The highest BCUT2D eigenvalue weighted by Crippen LogP contribution is 2.16. The van der Waals surface area contributed by atoms with Crippen LogP contribution in [0.4, 0.5) is 5.69 Å². The van der Waals surface area contributed by atoms with Crippen LogP contribution in [0, 0.1) is 5.92 Å². The van der Waals surface area contributed by atoms with E-state index in [0.29, 0.717) is 11.6 Å². The van der Waals surface area contributed by atoms with Gasteiger partial charge in [-0.25, -0.2) is 5.10 Å². The Balaban J connectivity index is 1.81. The van der Waals surface area contributed by atoms with Crippen molar-refractivity contribution in [3.8, 4) is 0 Å². The van der Waals surface area contributed by atoms with Gasteiger partial charge in [-0.3, -0.25) is 4.79 Å². The number of anilines is 1. The van der Waals surface area contributed by atoms with Crippen molar-refractivity contribution < 1.29 is 0 Å². The lowest BCUT2D eigenvalue weighted by atomic mass is 10.1. The first-order valence-electron chi connectivity index (χ1n) is 6.86. The highest BCUT2D eigenvalue weighted by Gasteiger charge is 2.14. The van der Waals surface area contributed by atoms with Gasteiger partial charge in [0.25, 0.3) is 5.56 Å². The summed E-state index contributed by atoms with van der Waals surface area (Å²) in [5.41, 5.74) is 0.256. The molecule has 19 heavy (non-hydrogen) atoms. The van der Waals surface area contributed by atoms with Gasteiger partial charge in [-0.2, -0.15) is 5.10 Å². The van der Waals surface area contributed by atoms with Gasteiger partial charge in [0.15, 0.2) is 0 Å². The zero-order chi connectivity index (χ0) is 13.7. The number of piperidine rings is 1. The Morgan fingerprint density at radius 1 is 1.47 bits per heavy atom. The van der Waals surface area contributed by atoms with Gasteiger partial charge in [-0.05, 0) is 31.8 Å². The number of likely N-dealkylation sites (tertiary alicyclic amines) is 1. The van der Waals surface area contributed by atoms with Crippen LogP contribution in [-0.2, 0) is 0 Å². The second-order valence-electron chi connectivity index (χ2n) is 5.27. The SMILES string of the molecule is CC(CNc1cn[nH]c(=O)c1Cl)CN1CCCCC1. The van der Waals surface area contributed by atoms with Crippen LogP contribution in [-0.4, -0.2) is 41.3 Å². The summed E-state index contributed by atoms with van der Waals surface area (Å²) in [6.45, 7) is 6.49. The van der Waals surface area contributed by atoms with Gasteiger partial charge >= 0.3 is 0 Å². The minimum absolute atomic E-state index is 0.181. The summed E-state index contributed by atoms with van der Waals surface area (Å²) in [5.74, 6) is 0.508. The first-order chi connectivity index (χ1) is 9.16. The normalized spacial score (nSPS) is 18.2. The van der Waals surface area contributed by atoms with Crippen molar-refractivity contribution in [1.29, 1.82) is 0 Å². The maximum Gasteiger partial charge on any atom is 0.285 e. The third-order valence-electron chi connectivity index (χ3n) is 3.46. The Hall–Kier alpha value is -1.07. The Kier molecular flexibility index (Phi) is 5.22. The Morgan fingerprint density at radius 2 is 2.21 bits per heavy atom. The third kappa shape index (κ3) is 4.21. The van der Waals surface area contributed by atoms with E-state index in [1.165, 1.54) is 32.4 Å². The van der Waals surface area contributed by atoms with Crippen LogP contribution >= 0.6 is 11.6 Å². The van der Waals surface area contributed by atoms with Crippen molar-refractivity contribution in [3.05, 3.63) is 21.6 Å². The van der Waals surface area contributed by atoms with E-state index in [9.17, 15) is 4.79 Å². The predicted molar refractivity (Wildman–Crippen MR) is 77.8 cm³/mol. The summed E-state index contributed by atoms with van der Waals surface area (Å²) in [7, 11) is 0. The van der Waals surface area contributed by atoms with Crippen molar-refractivity contribution in [2.24, 2.45) is 5.92 Å². The first kappa shape index (κ1) is 14.3. The Bertz CT molecular complexity index is 456. The van der Waals surface area contributed by atoms with Gasteiger partial charge in [-0.15, -0.1) is 0 Å². The molecule has 1 aliphatic rings. The second-order valence-corrected chi connectivity index (χ2v) is 5.65. The predicted octanol–water partition coefficient (Wildman–Crippen LogP) is 1.96. The molecule has 0 bridgehead atoms. The highest BCUT2D eigenvalue weighted by molar-refractivity contribution is 6.32. The monoisotopic (exact) mass is 284 g/mol. The summed E-state index contributed by atoms with van der Waals surface area (Å²) in [6, 6.07) is 0. The molecule has 1 aliphatic heterocycles. The van der Waals surface area contributed by atoms with Crippen LogP contribution in [0.5, 0.6) is 0 Å². The molecule has 0 amide bonds. The number of hydrogen-bond donors (Lipinski definition) is 2. The van der Waals surface area contributed by atoms with Gasteiger partial charge in [0.05, 0.1) is 11.9 Å². The molecule has 0 radical (unpaired) electrons. The zero-order valence-corrected chi connectivity index (χ0v) is 12.0. The van der Waals surface area contributed by atoms with Crippen molar-refractivity contribution in [3.63, 3.8) is 0 Å². The molecule has 1 aromatic heterocycles. The van der Waals surface area contributed by atoms with E-state index in [0.717, 1.165) is 13.1 Å². The molecule has 2 rings (SSSR count). The molecule has 1 atom stereocenters. The van der Waals surface area contributed by atoms with E-state index in [-0.39, 0.29) is 10.6 Å². The number of aromatic nitrogens is 2. The molecule has 1 unspecified atom stereocenters. The van der Waals surface area contributed by atoms with Crippen LogP contribution in [0.3, 0.4) is 0 Å². The first-order valence-corrected chi connectivity index (χ1v) is 7.24. The van der Waals surface area contributed by atoms with Crippen molar-refractivity contribution in [2.75, 3.05) is 31.5 Å². The third-order valence-corrected chi connectivity index (χ3v) is 3.83. The molecule has 2 N–H and O–H groups in total. The molecule has 0 aliphatic carbocycles. The van der Waals surface area contributed by atoms with Crippen LogP contribution in [0.1, 0.15) is 26.2 Å². The lowest BCUT2D eigenvalue weighted by molar-refractivity contribution is 0.204. The van der Waals surface area contributed by atoms with Crippen LogP contribution < -0.4 is 10.9 Å². The van der Waals surface area contributed by atoms with Crippen LogP contribution in [0.25, 0.3) is 0 Å². The fourth-order valence-electron chi connectivity index (χ4n) is 2.44. The van der Waals surface area contributed by atoms with E-state index in [1.54, 1.807) is 6.20 Å². The maximum atomic E-state index is 11.3. The van der Waals surface area contributed by atoms with Gasteiger partial charge in [0, 0.05) is 13.1 Å². The molecule has 0 spiro atoms. The minimum Gasteiger partial charge on any atom is -0.382 e. The molecular formula is C13H21ClN4O. The summed E-state index contributed by atoms with van der Waals surface area (Å²) in [6.07, 6.45) is 5.53. The number of nitrogens with zero attached hydrogens (tertiary/aromatic N) is 2. The average molecular weight is 285 g/mol. The van der Waals surface area contributed by atoms with E-state index >= 15 is 0 Å². The molecule has 6 heteroatoms. The maximum absolute atomic E-state index is 11.3. The zero-order valence-electron chi connectivity index (χ0n) is 11.3. The number of nitrogens with one attached hydrogen (secondary N) is 2. The van der Waals surface area contributed by atoms with Gasteiger partial charge in [0.1, 0.15) is 5.02 Å². The lowest BCUT2D eigenvalue weighted by Gasteiger charge is -2.29. The van der Waals surface area contributed by atoms with Gasteiger partial charge in [-0.1, -0.05) is 24.9 Å². The molecule has 2 heterocycles. The minimum atomic E-state index is -0.352. The topological polar surface area (TPSA) is 61.0 Å². The summed E-state index contributed by atoms with van der Waals surface area (Å²) >= 11 is 5.91. The summed E-state index contributed by atoms with van der Waals surface area (Å²) in [4.78, 5) is 13.8. The molecule has 106 valence electrons. The van der Waals surface area contributed by atoms with Crippen molar-refractivity contribution in [1.82, 2.24) is 15.1 Å². The molecule has 1 fully saturated rings. The van der Waals surface area contributed by atoms with Crippen molar-refractivity contribution in [2.45, 2.75) is 26.2 Å². The second kappa shape index (κ2) is 6.91. The molecular weight excluding hydrogens is 264 g/mol. The number of rotatable bonds is 5. The summed E-state index contributed by atoms with van der Waals surface area (Å²) in [5, 5.41) is 9.43. The molecule has 0 aromatic carbocycles. The Labute approximate surface area is 118 Å². The van der Waals surface area contributed by atoms with Gasteiger partial charge < -0.3 is 10.2 Å². The van der Waals surface area contributed by atoms with E-state index in [1.807, 2.05) is 0 Å². The standard InChI is InChI=1S/C13H21ClN4O/c1-10(9-18-5-3-2-4-6-18)7-15-11-8-16-17-13(19)12(11)14/h8,10H,2-7,9H2,1H3,(H2,15,17,19). The quantitative estimate of drug-likeness (QED) is 0.868. The van der Waals surface area contributed by atoms with Gasteiger partial charge in [0.2, 0.25) is 0 Å².